The van der Waals surface area contributed by atoms with E-state index in [2.05, 4.69) is 53.8 Å². The average Bonchev–Trinajstić information content (AvgIpc) is 3.21. The number of carbonyl (C=O) groups excluding carboxylic acids is 1. The number of imidazole rings is 1. The number of carbonyl (C=O) groups is 1. The van der Waals surface area contributed by atoms with Gasteiger partial charge >= 0.3 is 0 Å². The van der Waals surface area contributed by atoms with Gasteiger partial charge in [-0.3, -0.25) is 9.78 Å². The molecule has 0 saturated heterocycles. The predicted octanol–water partition coefficient (Wildman–Crippen LogP) is 5.69. The minimum atomic E-state index is -0.271. The number of benzene rings is 2. The number of rotatable bonds is 8. The van der Waals surface area contributed by atoms with E-state index in [0.717, 1.165) is 35.6 Å². The summed E-state index contributed by atoms with van der Waals surface area (Å²) in [5.41, 5.74) is 3.76. The minimum Gasteiger partial charge on any atom is -0.494 e. The summed E-state index contributed by atoms with van der Waals surface area (Å²) in [5, 5.41) is 3.03. The van der Waals surface area contributed by atoms with Crippen LogP contribution in [0, 0.1) is 0 Å². The Hall–Kier alpha value is -3.67. The molecule has 4 aromatic rings. The summed E-state index contributed by atoms with van der Waals surface area (Å²) >= 11 is 0. The molecular formula is C28H32N4O2. The summed E-state index contributed by atoms with van der Waals surface area (Å²) < 4.78 is 8.17. The Balaban J connectivity index is 1.43. The molecule has 2 aromatic heterocycles. The number of amides is 1. The van der Waals surface area contributed by atoms with Crippen molar-refractivity contribution in [3.05, 3.63) is 90.0 Å². The monoisotopic (exact) mass is 456 g/mol. The van der Waals surface area contributed by atoms with Gasteiger partial charge < -0.3 is 14.6 Å². The number of nitrogens with zero attached hydrogens (tertiary/aromatic N) is 3. The van der Waals surface area contributed by atoms with Crippen LogP contribution >= 0.6 is 0 Å². The molecule has 0 radical (unpaired) electrons. The Morgan fingerprint density at radius 1 is 1.03 bits per heavy atom. The van der Waals surface area contributed by atoms with Crippen molar-refractivity contribution in [2.45, 2.75) is 52.1 Å². The summed E-state index contributed by atoms with van der Waals surface area (Å²) in [4.78, 5) is 21.6. The molecule has 176 valence electrons. The first-order valence-corrected chi connectivity index (χ1v) is 11.7. The van der Waals surface area contributed by atoms with E-state index in [0.29, 0.717) is 12.3 Å². The number of hydrogen-bond donors (Lipinski definition) is 1. The highest BCUT2D eigenvalue weighted by Gasteiger charge is 2.19. The molecule has 1 N–H and O–H groups in total. The van der Waals surface area contributed by atoms with Crippen molar-refractivity contribution < 1.29 is 9.53 Å². The van der Waals surface area contributed by atoms with Gasteiger partial charge in [-0.15, -0.1) is 0 Å². The van der Waals surface area contributed by atoms with Crippen LogP contribution in [0.25, 0.3) is 11.0 Å². The molecule has 2 aromatic carbocycles. The van der Waals surface area contributed by atoms with Crippen LogP contribution in [0.2, 0.25) is 0 Å². The predicted molar refractivity (Wildman–Crippen MR) is 135 cm³/mol. The van der Waals surface area contributed by atoms with Crippen molar-refractivity contribution in [3.8, 4) is 5.75 Å². The fourth-order valence-electron chi connectivity index (χ4n) is 3.96. The second-order valence-corrected chi connectivity index (χ2v) is 9.50. The number of aryl methyl sites for hydroxylation is 1. The van der Waals surface area contributed by atoms with Gasteiger partial charge in [0.15, 0.2) is 0 Å². The lowest BCUT2D eigenvalue weighted by molar-refractivity contribution is 0.0932. The summed E-state index contributed by atoms with van der Waals surface area (Å²) in [6.45, 7) is 9.89. The Morgan fingerprint density at radius 2 is 1.76 bits per heavy atom. The standard InChI is InChI=1S/C28H32N4O2/c1-20(30-27(33)24-11-7-8-17-29-24)26-31-23-10-5-6-12-25(23)32(26)18-9-19-34-22-15-13-21(14-16-22)28(2,3)4/h5-8,10-17,20H,9,18-19H2,1-4H3,(H,30,33). The third-order valence-electron chi connectivity index (χ3n) is 5.83. The van der Waals surface area contributed by atoms with E-state index >= 15 is 0 Å². The second-order valence-electron chi connectivity index (χ2n) is 9.50. The Bertz CT molecular complexity index is 1240. The van der Waals surface area contributed by atoms with Crippen molar-refractivity contribution >= 4 is 16.9 Å². The molecule has 2 heterocycles. The van der Waals surface area contributed by atoms with Gasteiger partial charge in [-0.05, 0) is 60.7 Å². The van der Waals surface area contributed by atoms with Gasteiger partial charge in [-0.2, -0.15) is 0 Å². The van der Waals surface area contributed by atoms with Crippen LogP contribution in [0.5, 0.6) is 5.75 Å². The zero-order chi connectivity index (χ0) is 24.1. The Morgan fingerprint density at radius 3 is 2.47 bits per heavy atom. The van der Waals surface area contributed by atoms with Crippen LogP contribution in [-0.2, 0) is 12.0 Å². The maximum Gasteiger partial charge on any atom is 0.270 e. The minimum absolute atomic E-state index is 0.125. The SMILES string of the molecule is CC(NC(=O)c1ccccn1)c1nc2ccccc2n1CCCOc1ccc(C(C)(C)C)cc1. The molecule has 6 heteroatoms. The van der Waals surface area contributed by atoms with Crippen molar-refractivity contribution in [2.75, 3.05) is 6.61 Å². The molecule has 1 unspecified atom stereocenters. The number of hydrogen-bond acceptors (Lipinski definition) is 4. The van der Waals surface area contributed by atoms with E-state index in [-0.39, 0.29) is 17.4 Å². The molecule has 1 amide bonds. The molecule has 0 aliphatic carbocycles. The van der Waals surface area contributed by atoms with Gasteiger partial charge in [0.25, 0.3) is 5.91 Å². The molecule has 34 heavy (non-hydrogen) atoms. The molecule has 0 spiro atoms. The molecule has 0 saturated carbocycles. The normalized spacial score (nSPS) is 12.5. The third-order valence-corrected chi connectivity index (χ3v) is 5.83. The zero-order valence-electron chi connectivity index (χ0n) is 20.3. The fraction of sp³-hybridized carbons (Fsp3) is 0.321. The molecular weight excluding hydrogens is 424 g/mol. The first-order valence-electron chi connectivity index (χ1n) is 11.7. The van der Waals surface area contributed by atoms with Crippen LogP contribution in [0.4, 0.5) is 0 Å². The van der Waals surface area contributed by atoms with Crippen LogP contribution in [-0.4, -0.2) is 27.0 Å². The number of fused-ring (bicyclic) bond motifs is 1. The lowest BCUT2D eigenvalue weighted by Crippen LogP contribution is -2.29. The van der Waals surface area contributed by atoms with Crippen LogP contribution in [0.3, 0.4) is 0 Å². The molecule has 0 bridgehead atoms. The molecule has 1 atom stereocenters. The summed E-state index contributed by atoms with van der Waals surface area (Å²) in [6, 6.07) is 21.4. The molecule has 6 nitrogen and oxygen atoms in total. The lowest BCUT2D eigenvalue weighted by Gasteiger charge is -2.19. The van der Waals surface area contributed by atoms with E-state index in [1.807, 2.05) is 37.3 Å². The highest BCUT2D eigenvalue weighted by Crippen LogP contribution is 2.25. The van der Waals surface area contributed by atoms with E-state index < -0.39 is 0 Å². The molecule has 4 rings (SSSR count). The van der Waals surface area contributed by atoms with Crippen LogP contribution < -0.4 is 10.1 Å². The van der Waals surface area contributed by atoms with Gasteiger partial charge in [-0.1, -0.05) is 51.1 Å². The number of nitrogens with one attached hydrogen (secondary N) is 1. The van der Waals surface area contributed by atoms with E-state index in [9.17, 15) is 4.79 Å². The van der Waals surface area contributed by atoms with Gasteiger partial charge in [0.2, 0.25) is 0 Å². The third kappa shape index (κ3) is 5.45. The van der Waals surface area contributed by atoms with Gasteiger partial charge in [0.1, 0.15) is 17.3 Å². The highest BCUT2D eigenvalue weighted by atomic mass is 16.5. The maximum absolute atomic E-state index is 12.6. The summed E-state index contributed by atoms with van der Waals surface area (Å²) in [7, 11) is 0. The Labute approximate surface area is 201 Å². The van der Waals surface area contributed by atoms with Crippen molar-refractivity contribution in [3.63, 3.8) is 0 Å². The lowest BCUT2D eigenvalue weighted by atomic mass is 9.87. The fourth-order valence-corrected chi connectivity index (χ4v) is 3.96. The first-order chi connectivity index (χ1) is 16.3. The second kappa shape index (κ2) is 10.1. The first kappa shape index (κ1) is 23.5. The van der Waals surface area contributed by atoms with E-state index in [1.54, 1.807) is 24.4 Å². The number of para-hydroxylation sites is 2. The van der Waals surface area contributed by atoms with Crippen molar-refractivity contribution in [1.82, 2.24) is 19.9 Å². The molecule has 0 aliphatic rings. The van der Waals surface area contributed by atoms with Gasteiger partial charge in [0.05, 0.1) is 23.7 Å². The topological polar surface area (TPSA) is 69.0 Å². The highest BCUT2D eigenvalue weighted by molar-refractivity contribution is 5.92. The number of aromatic nitrogens is 3. The van der Waals surface area contributed by atoms with Gasteiger partial charge in [0, 0.05) is 12.7 Å². The summed E-state index contributed by atoms with van der Waals surface area (Å²) in [5.74, 6) is 1.48. The van der Waals surface area contributed by atoms with E-state index in [1.165, 1.54) is 5.56 Å². The van der Waals surface area contributed by atoms with Gasteiger partial charge in [-0.25, -0.2) is 4.98 Å². The quantitative estimate of drug-likeness (QED) is 0.346. The molecule has 0 aliphatic heterocycles. The van der Waals surface area contributed by atoms with Crippen molar-refractivity contribution in [1.29, 1.82) is 0 Å². The number of ether oxygens (including phenoxy) is 1. The average molecular weight is 457 g/mol. The smallest absolute Gasteiger partial charge is 0.270 e. The van der Waals surface area contributed by atoms with Crippen molar-refractivity contribution in [2.24, 2.45) is 0 Å². The van der Waals surface area contributed by atoms with E-state index in [4.69, 9.17) is 9.72 Å². The zero-order valence-corrected chi connectivity index (χ0v) is 20.3. The van der Waals surface area contributed by atoms with Crippen LogP contribution in [0.15, 0.2) is 72.9 Å². The largest absolute Gasteiger partial charge is 0.494 e. The van der Waals surface area contributed by atoms with Crippen LogP contribution in [0.1, 0.15) is 62.0 Å². The Kier molecular flexibility index (Phi) is 6.96. The summed E-state index contributed by atoms with van der Waals surface area (Å²) in [6.07, 6.45) is 2.43. The maximum atomic E-state index is 12.6. The molecule has 0 fully saturated rings. The number of pyridine rings is 1.